The first-order valence-corrected chi connectivity index (χ1v) is 16.3. The molecule has 2 bridgehead atoms. The third-order valence-corrected chi connectivity index (χ3v) is 10.5. The zero-order chi connectivity index (χ0) is 33.3. The average Bonchev–Trinajstić information content (AvgIpc) is 3.06. The van der Waals surface area contributed by atoms with Crippen LogP contribution in [-0.4, -0.2) is 48.0 Å². The molecule has 0 amide bonds. The molecule has 11 heteroatoms. The van der Waals surface area contributed by atoms with Gasteiger partial charge in [0.1, 0.15) is 58.2 Å². The smallest absolute Gasteiger partial charge is 0.305 e. The monoisotopic (exact) mass is 666 g/mol. The van der Waals surface area contributed by atoms with Gasteiger partial charge >= 0.3 is 5.79 Å². The molecule has 0 aromatic heterocycles. The van der Waals surface area contributed by atoms with Gasteiger partial charge in [-0.05, 0) is 47.5 Å². The Hall–Kier alpha value is -5.23. The van der Waals surface area contributed by atoms with Crippen LogP contribution in [0.15, 0.2) is 97.1 Å². The minimum Gasteiger partial charge on any atom is -0.508 e. The van der Waals surface area contributed by atoms with E-state index >= 15 is 0 Å². The first kappa shape index (κ1) is 30.1. The van der Waals surface area contributed by atoms with Crippen molar-refractivity contribution < 1.29 is 50.0 Å². The molecule has 3 aliphatic rings. The molecule has 5 aromatic carbocycles. The number of aromatic hydroxyl groups is 5. The number of fused-ring (bicyclic) bond motifs is 8. The number of hydrogen-bond acceptors (Lipinski definition) is 11. The van der Waals surface area contributed by atoms with Gasteiger partial charge in [-0.2, -0.15) is 0 Å². The summed E-state index contributed by atoms with van der Waals surface area (Å²) < 4.78 is 19.4. The Bertz CT molecular complexity index is 2020. The second-order valence-electron chi connectivity index (χ2n) is 12.1. The van der Waals surface area contributed by atoms with Crippen molar-refractivity contribution in [3.63, 3.8) is 0 Å². The van der Waals surface area contributed by atoms with Crippen LogP contribution >= 0.6 is 11.8 Å². The van der Waals surface area contributed by atoms with Crippen LogP contribution in [0.3, 0.4) is 0 Å². The van der Waals surface area contributed by atoms with E-state index in [9.17, 15) is 35.7 Å². The predicted molar refractivity (Wildman–Crippen MR) is 175 cm³/mol. The van der Waals surface area contributed by atoms with Crippen LogP contribution in [0, 0.1) is 0 Å². The lowest BCUT2D eigenvalue weighted by atomic mass is 9.74. The molecule has 0 saturated carbocycles. The molecule has 0 saturated heterocycles. The molecule has 10 nitrogen and oxygen atoms in total. The van der Waals surface area contributed by atoms with Gasteiger partial charge in [-0.15, -0.1) is 11.8 Å². The maximum Gasteiger partial charge on any atom is 0.305 e. The van der Waals surface area contributed by atoms with Gasteiger partial charge in [0.2, 0.25) is 0 Å². The molecule has 7 N–H and O–H groups in total. The third-order valence-electron chi connectivity index (χ3n) is 9.17. The molecule has 0 unspecified atom stereocenters. The van der Waals surface area contributed by atoms with Crippen LogP contribution in [0.1, 0.15) is 50.7 Å². The Morgan fingerprint density at radius 3 is 1.96 bits per heavy atom. The highest BCUT2D eigenvalue weighted by Gasteiger charge is 2.60. The molecule has 0 radical (unpaired) electrons. The minimum atomic E-state index is -1.93. The molecule has 0 spiro atoms. The van der Waals surface area contributed by atoms with Gasteiger partial charge in [-0.3, -0.25) is 0 Å². The number of ether oxygens (including phenoxy) is 3. The Morgan fingerprint density at radius 1 is 0.646 bits per heavy atom. The van der Waals surface area contributed by atoms with Crippen LogP contribution < -0.4 is 14.2 Å². The number of rotatable bonds is 5. The molecule has 0 aliphatic carbocycles. The second-order valence-corrected chi connectivity index (χ2v) is 13.2. The average molecular weight is 667 g/mol. The number of benzene rings is 5. The molecule has 8 rings (SSSR count). The van der Waals surface area contributed by atoms with Crippen molar-refractivity contribution >= 4 is 11.8 Å². The molecule has 6 atom stereocenters. The van der Waals surface area contributed by atoms with Gasteiger partial charge in [-0.1, -0.05) is 42.5 Å². The van der Waals surface area contributed by atoms with E-state index in [4.69, 9.17) is 14.2 Å². The van der Waals surface area contributed by atoms with Crippen molar-refractivity contribution in [2.24, 2.45) is 0 Å². The van der Waals surface area contributed by atoms with E-state index in [2.05, 4.69) is 0 Å². The van der Waals surface area contributed by atoms with Gasteiger partial charge in [0, 0.05) is 40.6 Å². The summed E-state index contributed by atoms with van der Waals surface area (Å²) in [6.45, 7) is 0. The lowest BCUT2D eigenvalue weighted by molar-refractivity contribution is -0.219. The van der Waals surface area contributed by atoms with Crippen molar-refractivity contribution in [3.05, 3.63) is 130 Å². The number of thioether (sulfide) groups is 1. The quantitative estimate of drug-likeness (QED) is 0.121. The molecule has 0 fully saturated rings. The highest BCUT2D eigenvalue weighted by molar-refractivity contribution is 7.98. The molecule has 5 aromatic rings. The number of phenols is 5. The third kappa shape index (κ3) is 4.65. The fraction of sp³-hybridized carbons (Fsp3) is 0.189. The van der Waals surface area contributed by atoms with E-state index in [-0.39, 0.29) is 57.1 Å². The Labute approximate surface area is 278 Å². The Kier molecular flexibility index (Phi) is 7.02. The Balaban J connectivity index is 1.36. The fourth-order valence-corrected chi connectivity index (χ4v) is 8.26. The van der Waals surface area contributed by atoms with Crippen molar-refractivity contribution in [1.29, 1.82) is 0 Å². The summed E-state index contributed by atoms with van der Waals surface area (Å²) in [5.41, 5.74) is 2.64. The van der Waals surface area contributed by atoms with Gasteiger partial charge in [0.15, 0.2) is 6.10 Å². The molecule has 3 heterocycles. The summed E-state index contributed by atoms with van der Waals surface area (Å²) in [7, 11) is 0. The largest absolute Gasteiger partial charge is 0.508 e. The van der Waals surface area contributed by atoms with Crippen molar-refractivity contribution in [2.45, 2.75) is 41.0 Å². The summed E-state index contributed by atoms with van der Waals surface area (Å²) in [4.78, 5) is 0. The van der Waals surface area contributed by atoms with Crippen LogP contribution in [0.5, 0.6) is 46.0 Å². The van der Waals surface area contributed by atoms with Crippen molar-refractivity contribution in [1.82, 2.24) is 0 Å². The minimum absolute atomic E-state index is 0.0260. The number of aliphatic hydroxyl groups is 2. The standard InChI is InChI=1S/C37H30O10S/c38-21-10-6-19(7-11-21)33-32(43)35(48-17-18-4-2-1-3-5-18)29-25(42)16-27-30(34(29)45-33)31-28-24(41)14-23(40)15-26(28)46-37(47-27,36(31)44)20-8-12-22(39)13-9-20/h1-16,31-33,35-36,38-44H,17H2/t31-,32+,33-,35+,36-,37+/m1/s1. The SMILES string of the molecule is Oc1ccc([C@H]2Oc3c4c(cc(O)c3[C@H](SCc3ccccc3)[C@H]2O)O[C@]2(c3ccc(O)cc3)Oc3cc(O)cc(O)c3[C@H]4[C@H]2O)cc1. The summed E-state index contributed by atoms with van der Waals surface area (Å²) in [5.74, 6) is -3.04. The van der Waals surface area contributed by atoms with Gasteiger partial charge in [0.05, 0.1) is 16.7 Å². The second kappa shape index (κ2) is 11.2. The van der Waals surface area contributed by atoms with E-state index < -0.39 is 35.3 Å². The van der Waals surface area contributed by atoms with Gasteiger partial charge < -0.3 is 50.0 Å². The van der Waals surface area contributed by atoms with Crippen molar-refractivity contribution in [3.8, 4) is 46.0 Å². The van der Waals surface area contributed by atoms with E-state index in [1.165, 1.54) is 60.3 Å². The highest BCUT2D eigenvalue weighted by Crippen LogP contribution is 2.64. The normalized spacial score (nSPS) is 25.0. The molecule has 48 heavy (non-hydrogen) atoms. The van der Waals surface area contributed by atoms with E-state index in [0.717, 1.165) is 11.6 Å². The van der Waals surface area contributed by atoms with E-state index in [0.29, 0.717) is 22.4 Å². The number of phenolic OH excluding ortho intramolecular Hbond substituents is 5. The number of aliphatic hydroxyl groups excluding tert-OH is 2. The predicted octanol–water partition coefficient (Wildman–Crippen LogP) is 5.81. The maximum absolute atomic E-state index is 12.2. The molecule has 244 valence electrons. The summed E-state index contributed by atoms with van der Waals surface area (Å²) in [6.07, 6.45) is -3.63. The zero-order valence-corrected chi connectivity index (χ0v) is 25.9. The summed E-state index contributed by atoms with van der Waals surface area (Å²) >= 11 is 1.41. The van der Waals surface area contributed by atoms with Crippen LogP contribution in [-0.2, 0) is 11.5 Å². The topological polar surface area (TPSA) is 169 Å². The summed E-state index contributed by atoms with van der Waals surface area (Å²) in [6, 6.07) is 25.7. The molecule has 3 aliphatic heterocycles. The van der Waals surface area contributed by atoms with Gasteiger partial charge in [0.25, 0.3) is 0 Å². The fourth-order valence-electron chi connectivity index (χ4n) is 6.96. The highest BCUT2D eigenvalue weighted by atomic mass is 32.2. The first-order valence-electron chi connectivity index (χ1n) is 15.2. The van der Waals surface area contributed by atoms with E-state index in [1.807, 2.05) is 30.3 Å². The van der Waals surface area contributed by atoms with E-state index in [1.54, 1.807) is 12.1 Å². The lowest BCUT2D eigenvalue weighted by Gasteiger charge is -2.51. The maximum atomic E-state index is 12.2. The molecular formula is C37H30O10S. The van der Waals surface area contributed by atoms with Crippen LogP contribution in [0.4, 0.5) is 0 Å². The summed E-state index contributed by atoms with van der Waals surface area (Å²) in [5, 5.41) is 76.6. The first-order chi connectivity index (χ1) is 23.1. The van der Waals surface area contributed by atoms with Crippen LogP contribution in [0.2, 0.25) is 0 Å². The molecular weight excluding hydrogens is 636 g/mol. The van der Waals surface area contributed by atoms with Crippen LogP contribution in [0.25, 0.3) is 0 Å². The lowest BCUT2D eigenvalue weighted by Crippen LogP contribution is -2.57. The zero-order valence-electron chi connectivity index (χ0n) is 25.1. The van der Waals surface area contributed by atoms with Gasteiger partial charge in [-0.25, -0.2) is 0 Å². The Morgan fingerprint density at radius 2 is 1.27 bits per heavy atom. The number of hydrogen-bond donors (Lipinski definition) is 7. The van der Waals surface area contributed by atoms with Crippen molar-refractivity contribution in [2.75, 3.05) is 0 Å².